The second-order valence-corrected chi connectivity index (χ2v) is 9.08. The molecule has 0 aliphatic carbocycles. The van der Waals surface area contributed by atoms with E-state index in [1.807, 2.05) is 23.5 Å². The van der Waals surface area contributed by atoms with Crippen molar-refractivity contribution in [1.82, 2.24) is 15.5 Å². The molecular weight excluding hydrogens is 322 g/mol. The molecule has 0 aromatic carbocycles. The van der Waals surface area contributed by atoms with Crippen molar-refractivity contribution in [3.8, 4) is 0 Å². The summed E-state index contributed by atoms with van der Waals surface area (Å²) in [5.41, 5.74) is 0. The quantitative estimate of drug-likeness (QED) is 0.879. The molecule has 2 fully saturated rings. The van der Waals surface area contributed by atoms with E-state index in [0.29, 0.717) is 22.5 Å². The van der Waals surface area contributed by atoms with Crippen LogP contribution in [0.2, 0.25) is 0 Å². The van der Waals surface area contributed by atoms with Gasteiger partial charge in [-0.1, -0.05) is 19.0 Å². The zero-order valence-electron chi connectivity index (χ0n) is 12.6. The van der Waals surface area contributed by atoms with E-state index in [1.165, 1.54) is 17.9 Å². The van der Waals surface area contributed by atoms with Gasteiger partial charge in [-0.25, -0.2) is 0 Å². The lowest BCUT2D eigenvalue weighted by molar-refractivity contribution is 0.337. The van der Waals surface area contributed by atoms with Gasteiger partial charge in [0.25, 0.3) is 0 Å². The van der Waals surface area contributed by atoms with E-state index in [1.54, 1.807) is 0 Å². The largest absolute Gasteiger partial charge is 0.339 e. The number of nitrogens with one attached hydrogen (secondary N) is 1. The fraction of sp³-hybridized carbons (Fsp3) is 0.857. The molecule has 1 aromatic rings. The van der Waals surface area contributed by atoms with Gasteiger partial charge < -0.3 is 9.84 Å². The summed E-state index contributed by atoms with van der Waals surface area (Å²) < 4.78 is 5.63. The summed E-state index contributed by atoms with van der Waals surface area (Å²) in [4.78, 5) is 4.78. The molecule has 1 N–H and O–H groups in total. The SMILES string of the molecule is CCNC1CSCC1c1nc(C2SCCSC2CC)no1. The summed E-state index contributed by atoms with van der Waals surface area (Å²) in [5, 5.41) is 8.89. The van der Waals surface area contributed by atoms with E-state index in [0.717, 1.165) is 29.8 Å². The molecule has 2 saturated heterocycles. The second-order valence-electron chi connectivity index (χ2n) is 5.41. The molecule has 0 bridgehead atoms. The van der Waals surface area contributed by atoms with Crippen LogP contribution in [0.1, 0.15) is 43.2 Å². The van der Waals surface area contributed by atoms with Crippen molar-refractivity contribution >= 4 is 35.3 Å². The topological polar surface area (TPSA) is 51.0 Å². The van der Waals surface area contributed by atoms with Gasteiger partial charge in [-0.2, -0.15) is 28.5 Å². The Hall–Kier alpha value is 0.150. The first-order valence-electron chi connectivity index (χ1n) is 7.71. The summed E-state index contributed by atoms with van der Waals surface area (Å²) in [6.07, 6.45) is 1.17. The highest BCUT2D eigenvalue weighted by Crippen LogP contribution is 2.43. The maximum absolute atomic E-state index is 5.63. The van der Waals surface area contributed by atoms with E-state index < -0.39 is 0 Å². The van der Waals surface area contributed by atoms with E-state index >= 15 is 0 Å². The molecule has 3 heterocycles. The minimum atomic E-state index is 0.373. The first-order valence-corrected chi connectivity index (χ1v) is 11.0. The third kappa shape index (κ3) is 3.57. The zero-order valence-corrected chi connectivity index (χ0v) is 15.0. The van der Waals surface area contributed by atoms with Gasteiger partial charge >= 0.3 is 0 Å². The Morgan fingerprint density at radius 3 is 2.90 bits per heavy atom. The summed E-state index contributed by atoms with van der Waals surface area (Å²) in [5.74, 6) is 6.79. The molecule has 4 nitrogen and oxygen atoms in total. The molecule has 7 heteroatoms. The molecule has 0 radical (unpaired) electrons. The van der Waals surface area contributed by atoms with Gasteiger partial charge in [0.2, 0.25) is 5.89 Å². The van der Waals surface area contributed by atoms with Gasteiger partial charge in [0.05, 0.1) is 11.2 Å². The Morgan fingerprint density at radius 1 is 1.24 bits per heavy atom. The van der Waals surface area contributed by atoms with Crippen LogP contribution in [-0.4, -0.2) is 51.0 Å². The van der Waals surface area contributed by atoms with E-state index in [4.69, 9.17) is 9.51 Å². The summed E-state index contributed by atoms with van der Waals surface area (Å²) in [7, 11) is 0. The Kier molecular flexibility index (Phi) is 5.81. The lowest BCUT2D eigenvalue weighted by Gasteiger charge is -2.27. The maximum atomic E-state index is 5.63. The number of rotatable bonds is 5. The van der Waals surface area contributed by atoms with Crippen molar-refractivity contribution in [2.45, 2.75) is 42.7 Å². The van der Waals surface area contributed by atoms with Crippen LogP contribution in [0.25, 0.3) is 0 Å². The molecular formula is C14H23N3OS3. The second kappa shape index (κ2) is 7.62. The number of aromatic nitrogens is 2. The van der Waals surface area contributed by atoms with Gasteiger partial charge in [0, 0.05) is 34.3 Å². The van der Waals surface area contributed by atoms with E-state index in [-0.39, 0.29) is 0 Å². The minimum absolute atomic E-state index is 0.373. The number of nitrogens with zero attached hydrogens (tertiary/aromatic N) is 2. The van der Waals surface area contributed by atoms with Crippen molar-refractivity contribution in [3.05, 3.63) is 11.7 Å². The van der Waals surface area contributed by atoms with Gasteiger partial charge in [-0.3, -0.25) is 0 Å². The van der Waals surface area contributed by atoms with Gasteiger partial charge in [-0.15, -0.1) is 11.8 Å². The molecule has 0 saturated carbocycles. The summed E-state index contributed by atoms with van der Waals surface area (Å²) in [6, 6.07) is 0.476. The molecule has 118 valence electrons. The number of thioether (sulfide) groups is 3. The highest BCUT2D eigenvalue weighted by Gasteiger charge is 2.35. The van der Waals surface area contributed by atoms with E-state index in [2.05, 4.69) is 36.1 Å². The van der Waals surface area contributed by atoms with Gasteiger partial charge in [0.1, 0.15) is 0 Å². The van der Waals surface area contributed by atoms with Crippen molar-refractivity contribution in [1.29, 1.82) is 0 Å². The predicted octanol–water partition coefficient (Wildman–Crippen LogP) is 3.18. The maximum Gasteiger partial charge on any atom is 0.232 e. The average molecular weight is 346 g/mol. The Bertz CT molecular complexity index is 456. The highest BCUT2D eigenvalue weighted by molar-refractivity contribution is 8.06. The highest BCUT2D eigenvalue weighted by atomic mass is 32.2. The van der Waals surface area contributed by atoms with E-state index in [9.17, 15) is 0 Å². The molecule has 3 rings (SSSR count). The molecule has 0 spiro atoms. The lowest BCUT2D eigenvalue weighted by Crippen LogP contribution is -2.34. The zero-order chi connectivity index (χ0) is 14.7. The Morgan fingerprint density at radius 2 is 2.10 bits per heavy atom. The number of hydrogen-bond acceptors (Lipinski definition) is 7. The molecule has 2 aliphatic heterocycles. The first-order chi connectivity index (χ1) is 10.3. The van der Waals surface area contributed by atoms with Crippen molar-refractivity contribution in [2.75, 3.05) is 29.6 Å². The molecule has 0 amide bonds. The predicted molar refractivity (Wildman–Crippen MR) is 93.6 cm³/mol. The number of likely N-dealkylation sites (N-methyl/N-ethyl adjacent to an activating group) is 1. The van der Waals surface area contributed by atoms with Crippen LogP contribution in [0.3, 0.4) is 0 Å². The molecule has 4 unspecified atom stereocenters. The van der Waals surface area contributed by atoms with Crippen LogP contribution in [0.15, 0.2) is 4.52 Å². The van der Waals surface area contributed by atoms with Crippen LogP contribution in [0, 0.1) is 0 Å². The van der Waals surface area contributed by atoms with Crippen LogP contribution in [0.5, 0.6) is 0 Å². The van der Waals surface area contributed by atoms with Crippen LogP contribution >= 0.6 is 35.3 Å². The third-order valence-corrected chi connectivity index (χ3v) is 8.46. The van der Waals surface area contributed by atoms with Gasteiger partial charge in [-0.05, 0) is 13.0 Å². The van der Waals surface area contributed by atoms with Crippen LogP contribution < -0.4 is 5.32 Å². The molecule has 2 aliphatic rings. The monoisotopic (exact) mass is 345 g/mol. The molecule has 21 heavy (non-hydrogen) atoms. The Balaban J connectivity index is 1.73. The number of hydrogen-bond donors (Lipinski definition) is 1. The summed E-state index contributed by atoms with van der Waals surface area (Å²) >= 11 is 6.02. The standard InChI is InChI=1S/C14H23N3OS3/c1-3-11-12(21-6-5-20-11)13-16-14(18-17-13)9-7-19-8-10(9)15-4-2/h9-12,15H,3-8H2,1-2H3. The normalized spacial score (nSPS) is 33.4. The fourth-order valence-corrected chi connectivity index (χ4v) is 7.27. The molecule has 1 aromatic heterocycles. The molecule has 4 atom stereocenters. The smallest absolute Gasteiger partial charge is 0.232 e. The van der Waals surface area contributed by atoms with Crippen molar-refractivity contribution in [2.24, 2.45) is 0 Å². The van der Waals surface area contributed by atoms with Crippen molar-refractivity contribution in [3.63, 3.8) is 0 Å². The van der Waals surface area contributed by atoms with Gasteiger partial charge in [0.15, 0.2) is 5.82 Å². The summed E-state index contributed by atoms with van der Waals surface area (Å²) in [6.45, 7) is 5.41. The van der Waals surface area contributed by atoms with Crippen LogP contribution in [-0.2, 0) is 0 Å². The lowest BCUT2D eigenvalue weighted by atomic mass is 10.0. The van der Waals surface area contributed by atoms with Crippen molar-refractivity contribution < 1.29 is 4.52 Å². The van der Waals surface area contributed by atoms with Crippen LogP contribution in [0.4, 0.5) is 0 Å². The minimum Gasteiger partial charge on any atom is -0.339 e. The first kappa shape index (κ1) is 16.0. The average Bonchev–Trinajstić information content (AvgIpc) is 3.16. The third-order valence-electron chi connectivity index (χ3n) is 4.03. The Labute approximate surface area is 139 Å². The fourth-order valence-electron chi connectivity index (χ4n) is 2.92.